The summed E-state index contributed by atoms with van der Waals surface area (Å²) in [6.45, 7) is 4.68. The van der Waals surface area contributed by atoms with Crippen molar-refractivity contribution in [3.8, 4) is 17.0 Å². The van der Waals surface area contributed by atoms with E-state index in [-0.39, 0.29) is 5.91 Å². The summed E-state index contributed by atoms with van der Waals surface area (Å²) in [5.74, 6) is 0.664. The van der Waals surface area contributed by atoms with E-state index in [1.165, 1.54) is 0 Å². The first kappa shape index (κ1) is 19.6. The van der Waals surface area contributed by atoms with Crippen LogP contribution in [0.3, 0.4) is 0 Å². The van der Waals surface area contributed by atoms with Crippen molar-refractivity contribution in [1.29, 1.82) is 0 Å². The van der Waals surface area contributed by atoms with Crippen molar-refractivity contribution in [2.24, 2.45) is 7.05 Å². The predicted octanol–water partition coefficient (Wildman–Crippen LogP) is 4.06. The molecule has 0 aliphatic heterocycles. The molecule has 152 valence electrons. The molecule has 30 heavy (non-hydrogen) atoms. The normalized spacial score (nSPS) is 10.9. The summed E-state index contributed by atoms with van der Waals surface area (Å²) in [4.78, 5) is 17.8. The van der Waals surface area contributed by atoms with Crippen LogP contribution in [0.25, 0.3) is 22.3 Å². The minimum Gasteiger partial charge on any atom is -0.491 e. The molecule has 6 heteroatoms. The van der Waals surface area contributed by atoms with E-state index in [0.717, 1.165) is 33.7 Å². The van der Waals surface area contributed by atoms with E-state index >= 15 is 0 Å². The maximum atomic E-state index is 13.1. The highest BCUT2D eigenvalue weighted by molar-refractivity contribution is 6.07. The molecule has 0 saturated heterocycles. The van der Waals surface area contributed by atoms with Crippen LogP contribution >= 0.6 is 0 Å². The van der Waals surface area contributed by atoms with Crippen LogP contribution in [-0.4, -0.2) is 33.8 Å². The fourth-order valence-corrected chi connectivity index (χ4v) is 3.52. The Hall–Kier alpha value is -3.67. The van der Waals surface area contributed by atoms with Crippen LogP contribution in [0.1, 0.15) is 21.6 Å². The number of hydrogen-bond acceptors (Lipinski definition) is 4. The summed E-state index contributed by atoms with van der Waals surface area (Å²) in [6.07, 6.45) is 0. The number of carbonyl (C=O) groups is 1. The summed E-state index contributed by atoms with van der Waals surface area (Å²) in [7, 11) is 1.84. The molecule has 2 aromatic heterocycles. The maximum Gasteiger partial charge on any atom is 0.252 e. The van der Waals surface area contributed by atoms with Crippen molar-refractivity contribution >= 4 is 16.9 Å². The molecule has 0 unspecified atom stereocenters. The van der Waals surface area contributed by atoms with E-state index in [1.807, 2.05) is 81.6 Å². The van der Waals surface area contributed by atoms with Crippen molar-refractivity contribution in [1.82, 2.24) is 20.1 Å². The average Bonchev–Trinajstić information content (AvgIpc) is 3.06. The molecule has 0 saturated carbocycles. The van der Waals surface area contributed by atoms with Gasteiger partial charge in [-0.1, -0.05) is 48.5 Å². The molecule has 4 aromatic rings. The Balaban J connectivity index is 1.57. The van der Waals surface area contributed by atoms with Gasteiger partial charge in [0.15, 0.2) is 5.65 Å². The SMILES string of the molecule is Cc1ccccc1OCCNC(=O)c1cc(-c2ccccc2)nc2c1c(C)nn2C. The number of pyridine rings is 1. The lowest BCUT2D eigenvalue weighted by atomic mass is 10.0. The molecule has 0 fully saturated rings. The number of nitrogens with zero attached hydrogens (tertiary/aromatic N) is 3. The Kier molecular flexibility index (Phi) is 5.48. The van der Waals surface area contributed by atoms with Gasteiger partial charge in [-0.25, -0.2) is 4.98 Å². The number of rotatable bonds is 6. The molecule has 0 spiro atoms. The Morgan fingerprint density at radius 3 is 2.57 bits per heavy atom. The van der Waals surface area contributed by atoms with Crippen LogP contribution in [0, 0.1) is 13.8 Å². The van der Waals surface area contributed by atoms with Gasteiger partial charge in [-0.05, 0) is 31.5 Å². The smallest absolute Gasteiger partial charge is 0.252 e. The van der Waals surface area contributed by atoms with E-state index in [9.17, 15) is 4.79 Å². The molecule has 1 N–H and O–H groups in total. The average molecular weight is 400 g/mol. The van der Waals surface area contributed by atoms with Gasteiger partial charge in [-0.2, -0.15) is 5.10 Å². The van der Waals surface area contributed by atoms with Crippen LogP contribution in [0.15, 0.2) is 60.7 Å². The number of amides is 1. The standard InChI is InChI=1S/C24H24N4O2/c1-16-9-7-8-12-21(16)30-14-13-25-24(29)19-15-20(18-10-5-4-6-11-18)26-23-22(19)17(2)27-28(23)3/h4-12,15H,13-14H2,1-3H3,(H,25,29). The minimum atomic E-state index is -0.163. The summed E-state index contributed by atoms with van der Waals surface area (Å²) in [6, 6.07) is 19.5. The number of nitrogens with one attached hydrogen (secondary N) is 1. The Bertz CT molecular complexity index is 1200. The Morgan fingerprint density at radius 2 is 1.80 bits per heavy atom. The van der Waals surface area contributed by atoms with E-state index < -0.39 is 0 Å². The second kappa shape index (κ2) is 8.37. The van der Waals surface area contributed by atoms with Crippen LogP contribution < -0.4 is 10.1 Å². The number of fused-ring (bicyclic) bond motifs is 1. The summed E-state index contributed by atoms with van der Waals surface area (Å²) >= 11 is 0. The third-order valence-corrected chi connectivity index (χ3v) is 5.02. The quantitative estimate of drug-likeness (QED) is 0.496. The maximum absolute atomic E-state index is 13.1. The number of hydrogen-bond donors (Lipinski definition) is 1. The lowest BCUT2D eigenvalue weighted by Crippen LogP contribution is -2.28. The van der Waals surface area contributed by atoms with Gasteiger partial charge < -0.3 is 10.1 Å². The first-order valence-electron chi connectivity index (χ1n) is 9.91. The first-order chi connectivity index (χ1) is 14.5. The molecule has 0 radical (unpaired) electrons. The van der Waals surface area contributed by atoms with Crippen LogP contribution in [0.2, 0.25) is 0 Å². The highest BCUT2D eigenvalue weighted by Crippen LogP contribution is 2.26. The van der Waals surface area contributed by atoms with Gasteiger partial charge in [0.2, 0.25) is 0 Å². The Morgan fingerprint density at radius 1 is 1.07 bits per heavy atom. The molecular formula is C24H24N4O2. The van der Waals surface area contributed by atoms with Gasteiger partial charge in [0.05, 0.1) is 28.9 Å². The monoisotopic (exact) mass is 400 g/mol. The van der Waals surface area contributed by atoms with Crippen LogP contribution in [0.5, 0.6) is 5.75 Å². The second-order valence-electron chi connectivity index (χ2n) is 7.20. The number of para-hydroxylation sites is 1. The summed E-state index contributed by atoms with van der Waals surface area (Å²) < 4.78 is 7.51. The molecular weight excluding hydrogens is 376 g/mol. The van der Waals surface area contributed by atoms with Crippen molar-refractivity contribution in [2.45, 2.75) is 13.8 Å². The van der Waals surface area contributed by atoms with Gasteiger partial charge in [-0.15, -0.1) is 0 Å². The number of carbonyl (C=O) groups excluding carboxylic acids is 1. The highest BCUT2D eigenvalue weighted by Gasteiger charge is 2.19. The van der Waals surface area contributed by atoms with E-state index in [1.54, 1.807) is 4.68 Å². The molecule has 2 heterocycles. The molecule has 0 aliphatic carbocycles. The lowest BCUT2D eigenvalue weighted by Gasteiger charge is -2.11. The van der Waals surface area contributed by atoms with Crippen molar-refractivity contribution in [2.75, 3.05) is 13.2 Å². The number of benzene rings is 2. The minimum absolute atomic E-state index is 0.163. The van der Waals surface area contributed by atoms with Gasteiger partial charge in [-0.3, -0.25) is 9.48 Å². The van der Waals surface area contributed by atoms with Gasteiger partial charge in [0.25, 0.3) is 5.91 Å². The predicted molar refractivity (Wildman–Crippen MR) is 118 cm³/mol. The van der Waals surface area contributed by atoms with Crippen molar-refractivity contribution in [3.05, 3.63) is 77.5 Å². The summed E-state index contributed by atoms with van der Waals surface area (Å²) in [5.41, 5.74) is 4.80. The van der Waals surface area contributed by atoms with Crippen LogP contribution in [0.4, 0.5) is 0 Å². The van der Waals surface area contributed by atoms with E-state index in [4.69, 9.17) is 9.72 Å². The first-order valence-corrected chi connectivity index (χ1v) is 9.91. The molecule has 0 bridgehead atoms. The summed E-state index contributed by atoms with van der Waals surface area (Å²) in [5, 5.41) is 8.20. The fraction of sp³-hybridized carbons (Fsp3) is 0.208. The molecule has 6 nitrogen and oxygen atoms in total. The largest absolute Gasteiger partial charge is 0.491 e. The molecule has 0 atom stereocenters. The number of aromatic nitrogens is 3. The van der Waals surface area contributed by atoms with Gasteiger partial charge in [0, 0.05) is 12.6 Å². The van der Waals surface area contributed by atoms with E-state index in [0.29, 0.717) is 24.4 Å². The number of aryl methyl sites for hydroxylation is 3. The number of ether oxygens (including phenoxy) is 1. The van der Waals surface area contributed by atoms with Crippen molar-refractivity contribution < 1.29 is 9.53 Å². The molecule has 4 rings (SSSR count). The Labute approximate surface area is 175 Å². The zero-order valence-corrected chi connectivity index (χ0v) is 17.3. The van der Waals surface area contributed by atoms with Crippen molar-refractivity contribution in [3.63, 3.8) is 0 Å². The topological polar surface area (TPSA) is 69.0 Å². The highest BCUT2D eigenvalue weighted by atomic mass is 16.5. The van der Waals surface area contributed by atoms with Gasteiger partial charge in [0.1, 0.15) is 12.4 Å². The third kappa shape index (κ3) is 3.89. The lowest BCUT2D eigenvalue weighted by molar-refractivity contribution is 0.0948. The molecule has 1 amide bonds. The third-order valence-electron chi connectivity index (χ3n) is 5.02. The zero-order chi connectivity index (χ0) is 21.1. The molecule has 0 aliphatic rings. The second-order valence-corrected chi connectivity index (χ2v) is 7.20. The zero-order valence-electron chi connectivity index (χ0n) is 17.3. The van der Waals surface area contributed by atoms with Crippen LogP contribution in [-0.2, 0) is 7.05 Å². The van der Waals surface area contributed by atoms with E-state index in [2.05, 4.69) is 10.4 Å². The van der Waals surface area contributed by atoms with Gasteiger partial charge >= 0.3 is 0 Å². The molecule has 2 aromatic carbocycles. The fourth-order valence-electron chi connectivity index (χ4n) is 3.52.